The Morgan fingerprint density at radius 1 is 1.26 bits per heavy atom. The van der Waals surface area contributed by atoms with Gasteiger partial charge in [-0.1, -0.05) is 13.8 Å². The molecule has 0 atom stereocenters. The molecule has 0 N–H and O–H groups in total. The van der Waals surface area contributed by atoms with E-state index in [9.17, 15) is 14.4 Å². The summed E-state index contributed by atoms with van der Waals surface area (Å²) in [5.74, 6) is 0.178. The largest absolute Gasteiger partial charge is 0.492 e. The molecular formula is C17H18FN3O2. The third-order valence-electron chi connectivity index (χ3n) is 3.53. The van der Waals surface area contributed by atoms with E-state index in [1.54, 1.807) is 0 Å². The Morgan fingerprint density at radius 3 is 2.52 bits per heavy atom. The van der Waals surface area contributed by atoms with E-state index >= 15 is 0 Å². The summed E-state index contributed by atoms with van der Waals surface area (Å²) in [5, 5.41) is 13.6. The van der Waals surface area contributed by atoms with E-state index in [2.05, 4.69) is 5.10 Å². The zero-order valence-corrected chi connectivity index (χ0v) is 13.2. The van der Waals surface area contributed by atoms with Crippen LogP contribution in [0.15, 0.2) is 29.1 Å². The van der Waals surface area contributed by atoms with E-state index in [4.69, 9.17) is 4.74 Å². The standard InChI is InChI=1S/C17H18FN3O2/c1-3-14-15(11-19)17(22)21(20-16(14)4-2)9-10-23-13-7-5-12(18)6-8-13/h5-8H,3-4,9-10H2,1-2H3. The fourth-order valence-corrected chi connectivity index (χ4v) is 2.37. The van der Waals surface area contributed by atoms with Crippen LogP contribution in [0.1, 0.15) is 30.7 Å². The lowest BCUT2D eigenvalue weighted by atomic mass is 10.0. The minimum Gasteiger partial charge on any atom is -0.492 e. The lowest BCUT2D eigenvalue weighted by Gasteiger charge is -2.12. The second-order valence-electron chi connectivity index (χ2n) is 4.95. The van der Waals surface area contributed by atoms with Crippen LogP contribution in [0.25, 0.3) is 0 Å². The van der Waals surface area contributed by atoms with Crippen molar-refractivity contribution in [2.24, 2.45) is 0 Å². The molecule has 2 aromatic rings. The molecule has 0 saturated heterocycles. The average molecular weight is 315 g/mol. The second kappa shape index (κ2) is 7.54. The molecule has 0 radical (unpaired) electrons. The van der Waals surface area contributed by atoms with Gasteiger partial charge in [0.1, 0.15) is 29.8 Å². The van der Waals surface area contributed by atoms with Crippen LogP contribution in [-0.4, -0.2) is 16.4 Å². The first kappa shape index (κ1) is 16.7. The molecule has 0 aliphatic carbocycles. The van der Waals surface area contributed by atoms with Gasteiger partial charge < -0.3 is 4.74 Å². The first-order valence-electron chi connectivity index (χ1n) is 7.52. The maximum absolute atomic E-state index is 12.8. The highest BCUT2D eigenvalue weighted by Crippen LogP contribution is 2.12. The topological polar surface area (TPSA) is 67.9 Å². The highest BCUT2D eigenvalue weighted by atomic mass is 19.1. The predicted molar refractivity (Wildman–Crippen MR) is 83.9 cm³/mol. The summed E-state index contributed by atoms with van der Waals surface area (Å²) in [6, 6.07) is 7.63. The molecule has 0 spiro atoms. The van der Waals surface area contributed by atoms with Gasteiger partial charge in [-0.3, -0.25) is 4.79 Å². The van der Waals surface area contributed by atoms with E-state index in [0.29, 0.717) is 18.6 Å². The highest BCUT2D eigenvalue weighted by Gasteiger charge is 2.14. The Hall–Kier alpha value is -2.68. The first-order chi connectivity index (χ1) is 11.1. The van der Waals surface area contributed by atoms with E-state index < -0.39 is 5.56 Å². The summed E-state index contributed by atoms with van der Waals surface area (Å²) >= 11 is 0. The van der Waals surface area contributed by atoms with Crippen LogP contribution in [0.2, 0.25) is 0 Å². The third-order valence-corrected chi connectivity index (χ3v) is 3.53. The van der Waals surface area contributed by atoms with Gasteiger partial charge in [-0.05, 0) is 42.7 Å². The molecule has 5 nitrogen and oxygen atoms in total. The van der Waals surface area contributed by atoms with Crippen LogP contribution in [0, 0.1) is 17.1 Å². The average Bonchev–Trinajstić information content (AvgIpc) is 2.57. The molecule has 23 heavy (non-hydrogen) atoms. The van der Waals surface area contributed by atoms with Crippen LogP contribution < -0.4 is 10.3 Å². The predicted octanol–water partition coefficient (Wildman–Crippen LogP) is 2.46. The van der Waals surface area contributed by atoms with Gasteiger partial charge in [-0.25, -0.2) is 9.07 Å². The molecule has 1 aromatic heterocycles. The van der Waals surface area contributed by atoms with E-state index in [0.717, 1.165) is 11.3 Å². The van der Waals surface area contributed by atoms with Gasteiger partial charge in [-0.2, -0.15) is 10.4 Å². The van der Waals surface area contributed by atoms with Crippen molar-refractivity contribution in [3.05, 3.63) is 57.3 Å². The van der Waals surface area contributed by atoms with Crippen molar-refractivity contribution >= 4 is 0 Å². The minimum absolute atomic E-state index is 0.154. The van der Waals surface area contributed by atoms with Gasteiger partial charge in [0, 0.05) is 0 Å². The molecule has 120 valence electrons. The van der Waals surface area contributed by atoms with E-state index in [1.807, 2.05) is 19.9 Å². The Bertz CT molecular complexity index is 776. The molecule has 0 bridgehead atoms. The van der Waals surface area contributed by atoms with Crippen molar-refractivity contribution in [2.45, 2.75) is 33.2 Å². The van der Waals surface area contributed by atoms with E-state index in [-0.39, 0.29) is 24.5 Å². The Labute approximate surface area is 133 Å². The van der Waals surface area contributed by atoms with Crippen LogP contribution >= 0.6 is 0 Å². The number of aryl methyl sites for hydroxylation is 1. The molecule has 1 heterocycles. The number of hydrogen-bond donors (Lipinski definition) is 0. The molecule has 2 rings (SSSR count). The molecule has 0 aliphatic heterocycles. The summed E-state index contributed by atoms with van der Waals surface area (Å²) in [5.41, 5.74) is 1.23. The molecular weight excluding hydrogens is 297 g/mol. The van der Waals surface area contributed by atoms with Gasteiger partial charge in [0.25, 0.3) is 5.56 Å². The summed E-state index contributed by atoms with van der Waals surface area (Å²) in [6.07, 6.45) is 1.25. The molecule has 0 unspecified atom stereocenters. The number of aromatic nitrogens is 2. The number of hydrogen-bond acceptors (Lipinski definition) is 4. The van der Waals surface area contributed by atoms with E-state index in [1.165, 1.54) is 28.9 Å². The lowest BCUT2D eigenvalue weighted by Crippen LogP contribution is -2.30. The second-order valence-corrected chi connectivity index (χ2v) is 4.95. The maximum atomic E-state index is 12.8. The summed E-state index contributed by atoms with van der Waals surface area (Å²) in [7, 11) is 0. The summed E-state index contributed by atoms with van der Waals surface area (Å²) < 4.78 is 19.6. The zero-order valence-electron chi connectivity index (χ0n) is 13.2. The molecule has 1 aromatic carbocycles. The van der Waals surface area contributed by atoms with Crippen molar-refractivity contribution in [1.29, 1.82) is 5.26 Å². The molecule has 0 amide bonds. The summed E-state index contributed by atoms with van der Waals surface area (Å²) in [4.78, 5) is 12.3. The van der Waals surface area contributed by atoms with Crippen molar-refractivity contribution in [3.63, 3.8) is 0 Å². The Morgan fingerprint density at radius 2 is 1.96 bits per heavy atom. The zero-order chi connectivity index (χ0) is 16.8. The smallest absolute Gasteiger partial charge is 0.285 e. The highest BCUT2D eigenvalue weighted by molar-refractivity contribution is 5.38. The van der Waals surface area contributed by atoms with Gasteiger partial charge in [-0.15, -0.1) is 0 Å². The van der Waals surface area contributed by atoms with Crippen molar-refractivity contribution in [3.8, 4) is 11.8 Å². The fraction of sp³-hybridized carbons (Fsp3) is 0.353. The Kier molecular flexibility index (Phi) is 5.47. The fourth-order valence-electron chi connectivity index (χ4n) is 2.37. The molecule has 0 saturated carbocycles. The minimum atomic E-state index is -0.399. The number of benzene rings is 1. The van der Waals surface area contributed by atoms with Crippen LogP contribution in [0.4, 0.5) is 4.39 Å². The molecule has 0 fully saturated rings. The SMILES string of the molecule is CCc1nn(CCOc2ccc(F)cc2)c(=O)c(C#N)c1CC. The number of nitrogens with zero attached hydrogens (tertiary/aromatic N) is 3. The number of rotatable bonds is 6. The number of nitriles is 1. The van der Waals surface area contributed by atoms with Gasteiger partial charge in [0.2, 0.25) is 0 Å². The normalized spacial score (nSPS) is 10.3. The maximum Gasteiger partial charge on any atom is 0.285 e. The van der Waals surface area contributed by atoms with Crippen molar-refractivity contribution in [2.75, 3.05) is 6.61 Å². The molecule has 0 aliphatic rings. The molecule has 6 heteroatoms. The van der Waals surface area contributed by atoms with Gasteiger partial charge >= 0.3 is 0 Å². The quantitative estimate of drug-likeness (QED) is 0.821. The first-order valence-corrected chi connectivity index (χ1v) is 7.52. The van der Waals surface area contributed by atoms with Crippen LogP contribution in [-0.2, 0) is 19.4 Å². The van der Waals surface area contributed by atoms with Crippen molar-refractivity contribution in [1.82, 2.24) is 9.78 Å². The van der Waals surface area contributed by atoms with Crippen molar-refractivity contribution < 1.29 is 9.13 Å². The lowest BCUT2D eigenvalue weighted by molar-refractivity contribution is 0.286. The van der Waals surface area contributed by atoms with Gasteiger partial charge in [0.05, 0.1) is 12.2 Å². The van der Waals surface area contributed by atoms with Gasteiger partial charge in [0.15, 0.2) is 0 Å². The monoisotopic (exact) mass is 315 g/mol. The third kappa shape index (κ3) is 3.75. The number of ether oxygens (including phenoxy) is 1. The Balaban J connectivity index is 2.18. The summed E-state index contributed by atoms with van der Waals surface area (Å²) in [6.45, 7) is 4.27. The number of halogens is 1. The van der Waals surface area contributed by atoms with Crippen LogP contribution in [0.5, 0.6) is 5.75 Å². The van der Waals surface area contributed by atoms with Crippen LogP contribution in [0.3, 0.4) is 0 Å².